The van der Waals surface area contributed by atoms with Gasteiger partial charge in [-0.05, 0) is 43.0 Å². The summed E-state index contributed by atoms with van der Waals surface area (Å²) in [6, 6.07) is 4.75. The highest BCUT2D eigenvalue weighted by molar-refractivity contribution is 5.31. The number of halogens is 3. The van der Waals surface area contributed by atoms with Crippen molar-refractivity contribution in [2.45, 2.75) is 44.6 Å². The lowest BCUT2D eigenvalue weighted by molar-refractivity contribution is -0.0497. The fourth-order valence-corrected chi connectivity index (χ4v) is 3.05. The molecule has 1 saturated carbocycles. The number of hydrogen-bond acceptors (Lipinski definition) is 2. The molecule has 2 nitrogen and oxygen atoms in total. The van der Waals surface area contributed by atoms with Crippen LogP contribution in [0.1, 0.15) is 44.2 Å². The predicted octanol–water partition coefficient (Wildman–Crippen LogP) is 4.31. The minimum absolute atomic E-state index is 0.0851. The predicted molar refractivity (Wildman–Crippen MR) is 76.3 cm³/mol. The van der Waals surface area contributed by atoms with E-state index in [1.54, 1.807) is 6.07 Å². The number of nitrogens with one attached hydrogen (secondary N) is 1. The summed E-state index contributed by atoms with van der Waals surface area (Å²) in [6.45, 7) is 2.68. The van der Waals surface area contributed by atoms with Gasteiger partial charge in [-0.25, -0.2) is 13.2 Å². The Kier molecular flexibility index (Phi) is 5.14. The average Bonchev–Trinajstić information content (AvgIpc) is 2.45. The van der Waals surface area contributed by atoms with Crippen LogP contribution in [0.4, 0.5) is 13.2 Å². The van der Waals surface area contributed by atoms with Crippen LogP contribution in [0, 0.1) is 11.7 Å². The van der Waals surface area contributed by atoms with E-state index in [1.165, 1.54) is 13.2 Å². The van der Waals surface area contributed by atoms with E-state index in [0.29, 0.717) is 19.4 Å². The number of ether oxygens (including phenoxy) is 1. The monoisotopic (exact) mass is 301 g/mol. The van der Waals surface area contributed by atoms with Gasteiger partial charge in [-0.1, -0.05) is 13.0 Å². The molecule has 1 aliphatic rings. The van der Waals surface area contributed by atoms with Gasteiger partial charge in [-0.2, -0.15) is 0 Å². The minimum Gasteiger partial charge on any atom is -0.494 e. The fourth-order valence-electron chi connectivity index (χ4n) is 3.05. The summed E-state index contributed by atoms with van der Waals surface area (Å²) in [5.41, 5.74) is 0.797. The Morgan fingerprint density at radius 3 is 2.52 bits per heavy atom. The molecule has 1 aromatic rings. The molecule has 118 valence electrons. The summed E-state index contributed by atoms with van der Waals surface area (Å²) < 4.78 is 45.4. The van der Waals surface area contributed by atoms with Gasteiger partial charge in [0, 0.05) is 18.9 Å². The molecule has 1 N–H and O–H groups in total. The second-order valence-corrected chi connectivity index (χ2v) is 5.62. The Bertz CT molecular complexity index is 469. The van der Waals surface area contributed by atoms with Crippen molar-refractivity contribution in [1.29, 1.82) is 0 Å². The standard InChI is InChI=1S/C16H22F3NO/c1-3-20-15(11-6-8-16(18,19)9-7-11)12-4-5-14(21-2)13(17)10-12/h4-5,10-11,15,20H,3,6-9H2,1-2H3. The van der Waals surface area contributed by atoms with Crippen LogP contribution in [0.2, 0.25) is 0 Å². The van der Waals surface area contributed by atoms with E-state index < -0.39 is 11.7 Å². The summed E-state index contributed by atoms with van der Waals surface area (Å²) in [4.78, 5) is 0. The lowest BCUT2D eigenvalue weighted by atomic mass is 9.79. The number of alkyl halides is 2. The van der Waals surface area contributed by atoms with E-state index in [1.807, 2.05) is 13.0 Å². The Hall–Kier alpha value is -1.23. The van der Waals surface area contributed by atoms with Crippen molar-refractivity contribution in [3.05, 3.63) is 29.6 Å². The highest BCUT2D eigenvalue weighted by Gasteiger charge is 2.37. The topological polar surface area (TPSA) is 21.3 Å². The quantitative estimate of drug-likeness (QED) is 0.875. The van der Waals surface area contributed by atoms with E-state index >= 15 is 0 Å². The summed E-state index contributed by atoms with van der Waals surface area (Å²) in [5, 5.41) is 3.31. The van der Waals surface area contributed by atoms with Gasteiger partial charge in [0.05, 0.1) is 7.11 Å². The first kappa shape index (κ1) is 16.1. The number of rotatable bonds is 5. The van der Waals surface area contributed by atoms with E-state index in [9.17, 15) is 13.2 Å². The first-order valence-electron chi connectivity index (χ1n) is 7.41. The molecule has 1 atom stereocenters. The van der Waals surface area contributed by atoms with Crippen LogP contribution in [0.25, 0.3) is 0 Å². The Balaban J connectivity index is 2.17. The summed E-state index contributed by atoms with van der Waals surface area (Å²) in [6.07, 6.45) is 0.743. The van der Waals surface area contributed by atoms with Crippen molar-refractivity contribution >= 4 is 0 Å². The van der Waals surface area contributed by atoms with Crippen LogP contribution in [-0.4, -0.2) is 19.6 Å². The van der Waals surface area contributed by atoms with Crippen molar-refractivity contribution in [3.8, 4) is 5.75 Å². The molecule has 1 fully saturated rings. The first-order valence-corrected chi connectivity index (χ1v) is 7.41. The molecule has 0 aromatic heterocycles. The zero-order chi connectivity index (χ0) is 15.5. The molecular formula is C16H22F3NO. The average molecular weight is 301 g/mol. The molecular weight excluding hydrogens is 279 g/mol. The van der Waals surface area contributed by atoms with Crippen LogP contribution >= 0.6 is 0 Å². The molecule has 1 aromatic carbocycles. The molecule has 21 heavy (non-hydrogen) atoms. The van der Waals surface area contributed by atoms with Crippen molar-refractivity contribution in [3.63, 3.8) is 0 Å². The van der Waals surface area contributed by atoms with Crippen LogP contribution in [0.3, 0.4) is 0 Å². The second kappa shape index (κ2) is 6.69. The Morgan fingerprint density at radius 1 is 1.33 bits per heavy atom. The molecule has 5 heteroatoms. The van der Waals surface area contributed by atoms with Crippen molar-refractivity contribution in [2.24, 2.45) is 5.92 Å². The third kappa shape index (κ3) is 3.90. The van der Waals surface area contributed by atoms with Gasteiger partial charge < -0.3 is 10.1 Å². The molecule has 2 rings (SSSR count). The maximum absolute atomic E-state index is 13.9. The summed E-state index contributed by atoms with van der Waals surface area (Å²) in [7, 11) is 1.42. The van der Waals surface area contributed by atoms with Crippen molar-refractivity contribution < 1.29 is 17.9 Å². The van der Waals surface area contributed by atoms with Crippen molar-refractivity contribution in [2.75, 3.05) is 13.7 Å². The molecule has 0 spiro atoms. The lowest BCUT2D eigenvalue weighted by Gasteiger charge is -2.34. The van der Waals surface area contributed by atoms with Gasteiger partial charge >= 0.3 is 0 Å². The third-order valence-corrected chi connectivity index (χ3v) is 4.19. The highest BCUT2D eigenvalue weighted by Crippen LogP contribution is 2.41. The van der Waals surface area contributed by atoms with Crippen LogP contribution in [0.15, 0.2) is 18.2 Å². The van der Waals surface area contributed by atoms with Gasteiger partial charge in [0.15, 0.2) is 11.6 Å². The molecule has 0 aliphatic heterocycles. The van der Waals surface area contributed by atoms with Gasteiger partial charge in [0.2, 0.25) is 5.92 Å². The van der Waals surface area contributed by atoms with E-state index in [0.717, 1.165) is 5.56 Å². The smallest absolute Gasteiger partial charge is 0.248 e. The fraction of sp³-hybridized carbons (Fsp3) is 0.625. The molecule has 0 amide bonds. The molecule has 0 bridgehead atoms. The first-order chi connectivity index (χ1) is 9.96. The summed E-state index contributed by atoms with van der Waals surface area (Å²) in [5.74, 6) is -2.65. The SMILES string of the molecule is CCNC(c1ccc(OC)c(F)c1)C1CCC(F)(F)CC1. The third-order valence-electron chi connectivity index (χ3n) is 4.19. The number of hydrogen-bond donors (Lipinski definition) is 1. The van der Waals surface area contributed by atoms with Gasteiger partial charge in [-0.3, -0.25) is 0 Å². The lowest BCUT2D eigenvalue weighted by Crippen LogP contribution is -2.34. The number of benzene rings is 1. The number of methoxy groups -OCH3 is 1. The maximum Gasteiger partial charge on any atom is 0.248 e. The Morgan fingerprint density at radius 2 is 2.00 bits per heavy atom. The van der Waals surface area contributed by atoms with E-state index in [-0.39, 0.29) is 30.6 Å². The highest BCUT2D eigenvalue weighted by atomic mass is 19.3. The normalized spacial score (nSPS) is 20.2. The van der Waals surface area contributed by atoms with Crippen LogP contribution < -0.4 is 10.1 Å². The molecule has 1 aliphatic carbocycles. The largest absolute Gasteiger partial charge is 0.494 e. The second-order valence-electron chi connectivity index (χ2n) is 5.62. The van der Waals surface area contributed by atoms with E-state index in [4.69, 9.17) is 4.74 Å². The zero-order valence-corrected chi connectivity index (χ0v) is 12.5. The minimum atomic E-state index is -2.54. The zero-order valence-electron chi connectivity index (χ0n) is 12.5. The van der Waals surface area contributed by atoms with Gasteiger partial charge in [0.1, 0.15) is 0 Å². The molecule has 0 radical (unpaired) electrons. The van der Waals surface area contributed by atoms with Crippen LogP contribution in [-0.2, 0) is 0 Å². The molecule has 0 saturated heterocycles. The maximum atomic E-state index is 13.9. The summed E-state index contributed by atoms with van der Waals surface area (Å²) >= 11 is 0. The Labute approximate surface area is 123 Å². The van der Waals surface area contributed by atoms with E-state index in [2.05, 4.69) is 5.32 Å². The van der Waals surface area contributed by atoms with Crippen molar-refractivity contribution in [1.82, 2.24) is 5.32 Å². The van der Waals surface area contributed by atoms with Crippen LogP contribution in [0.5, 0.6) is 5.75 Å². The molecule has 0 heterocycles. The molecule has 1 unspecified atom stereocenters. The van der Waals surface area contributed by atoms with Gasteiger partial charge in [0.25, 0.3) is 0 Å². The van der Waals surface area contributed by atoms with Gasteiger partial charge in [-0.15, -0.1) is 0 Å².